The van der Waals surface area contributed by atoms with Gasteiger partial charge in [-0.05, 0) is 31.1 Å². The molecule has 0 spiro atoms. The van der Waals surface area contributed by atoms with Gasteiger partial charge in [0.2, 0.25) is 5.91 Å². The average molecular weight is 423 g/mol. The zero-order valence-electron chi connectivity index (χ0n) is 15.0. The molecule has 0 bridgehead atoms. The van der Waals surface area contributed by atoms with Gasteiger partial charge in [-0.25, -0.2) is 4.68 Å². The summed E-state index contributed by atoms with van der Waals surface area (Å²) in [6, 6.07) is 7.78. The van der Waals surface area contributed by atoms with Crippen LogP contribution in [0.5, 0.6) is 0 Å². The normalized spacial score (nSPS) is 17.7. The summed E-state index contributed by atoms with van der Waals surface area (Å²) >= 11 is 13.4. The van der Waals surface area contributed by atoms with Gasteiger partial charge in [-0.2, -0.15) is 0 Å². The Morgan fingerprint density at radius 3 is 2.96 bits per heavy atom. The summed E-state index contributed by atoms with van der Waals surface area (Å²) in [6.07, 6.45) is 1.82. The van der Waals surface area contributed by atoms with Crippen molar-refractivity contribution in [3.8, 4) is 10.8 Å². The van der Waals surface area contributed by atoms with Gasteiger partial charge in [-0.1, -0.05) is 29.8 Å². The molecule has 1 aliphatic heterocycles. The SMILES string of the molecule is CN(C)C(=O)[C@H]1CCCN1Cn1nc(-c2sc3ccccc3c2Cl)oc1=S. The first kappa shape index (κ1) is 18.6. The van der Waals surface area contributed by atoms with Gasteiger partial charge in [0.15, 0.2) is 0 Å². The highest BCUT2D eigenvalue weighted by molar-refractivity contribution is 7.71. The van der Waals surface area contributed by atoms with E-state index in [9.17, 15) is 4.79 Å². The number of carbonyl (C=O) groups excluding carboxylic acids is 1. The monoisotopic (exact) mass is 422 g/mol. The molecular formula is C18H19ClN4O2S2. The molecule has 0 radical (unpaired) electrons. The van der Waals surface area contributed by atoms with Crippen LogP contribution in [0.3, 0.4) is 0 Å². The van der Waals surface area contributed by atoms with Gasteiger partial charge in [0.05, 0.1) is 17.7 Å². The van der Waals surface area contributed by atoms with Crippen molar-refractivity contribution in [3.63, 3.8) is 0 Å². The molecule has 0 unspecified atom stereocenters. The molecule has 1 saturated heterocycles. The highest BCUT2D eigenvalue weighted by Gasteiger charge is 2.32. The van der Waals surface area contributed by atoms with Crippen LogP contribution in [-0.4, -0.2) is 52.2 Å². The third-order valence-corrected chi connectivity index (χ3v) is 6.70. The Morgan fingerprint density at radius 1 is 1.44 bits per heavy atom. The van der Waals surface area contributed by atoms with Crippen molar-refractivity contribution in [1.82, 2.24) is 19.6 Å². The minimum Gasteiger partial charge on any atom is -0.408 e. The predicted octanol–water partition coefficient (Wildman–Crippen LogP) is 4.25. The van der Waals surface area contributed by atoms with Crippen LogP contribution >= 0.6 is 35.2 Å². The largest absolute Gasteiger partial charge is 0.408 e. The fraction of sp³-hybridized carbons (Fsp3) is 0.389. The molecule has 2 aromatic heterocycles. The summed E-state index contributed by atoms with van der Waals surface area (Å²) in [5, 5.41) is 6.15. The van der Waals surface area contributed by atoms with E-state index in [1.165, 1.54) is 11.3 Å². The number of hydrogen-bond donors (Lipinski definition) is 0. The Bertz CT molecular complexity index is 1060. The van der Waals surface area contributed by atoms with E-state index in [-0.39, 0.29) is 16.8 Å². The first-order chi connectivity index (χ1) is 13.0. The van der Waals surface area contributed by atoms with Crippen LogP contribution in [0.15, 0.2) is 28.7 Å². The molecular weight excluding hydrogens is 404 g/mol. The maximum Gasteiger partial charge on any atom is 0.288 e. The second-order valence-electron chi connectivity index (χ2n) is 6.76. The smallest absolute Gasteiger partial charge is 0.288 e. The molecule has 1 atom stereocenters. The van der Waals surface area contributed by atoms with Gasteiger partial charge < -0.3 is 9.32 Å². The summed E-state index contributed by atoms with van der Waals surface area (Å²) < 4.78 is 8.44. The lowest BCUT2D eigenvalue weighted by molar-refractivity contribution is -0.134. The number of rotatable bonds is 4. The standard InChI is InChI=1S/C18H19ClN4O2S2/c1-21(2)17(24)12-7-5-9-22(12)10-23-18(26)25-16(20-23)15-14(19)11-6-3-4-8-13(11)27-15/h3-4,6,8,12H,5,7,9-10H2,1-2H3/t12-/m1/s1. The maximum atomic E-state index is 12.4. The van der Waals surface area contributed by atoms with Crippen LogP contribution in [0.25, 0.3) is 20.9 Å². The number of thiophene rings is 1. The van der Waals surface area contributed by atoms with E-state index in [1.807, 2.05) is 24.3 Å². The van der Waals surface area contributed by atoms with Crippen LogP contribution in [0.2, 0.25) is 5.02 Å². The van der Waals surface area contributed by atoms with Crippen molar-refractivity contribution in [2.24, 2.45) is 0 Å². The Hall–Kier alpha value is -1.74. The second-order valence-corrected chi connectivity index (χ2v) is 8.54. The Morgan fingerprint density at radius 2 is 2.22 bits per heavy atom. The number of aromatic nitrogens is 2. The van der Waals surface area contributed by atoms with E-state index in [0.29, 0.717) is 17.6 Å². The van der Waals surface area contributed by atoms with Crippen molar-refractivity contribution in [3.05, 3.63) is 34.1 Å². The predicted molar refractivity (Wildman–Crippen MR) is 110 cm³/mol. The average Bonchev–Trinajstić information content (AvgIpc) is 3.34. The zero-order valence-corrected chi connectivity index (χ0v) is 17.4. The fourth-order valence-corrected chi connectivity index (χ4v) is 4.99. The summed E-state index contributed by atoms with van der Waals surface area (Å²) in [5.41, 5.74) is 0. The molecule has 1 fully saturated rings. The molecule has 3 heterocycles. The van der Waals surface area contributed by atoms with Gasteiger partial charge in [-0.3, -0.25) is 9.69 Å². The van der Waals surface area contributed by atoms with Gasteiger partial charge in [-0.15, -0.1) is 16.4 Å². The number of nitrogens with zero attached hydrogens (tertiary/aromatic N) is 4. The van der Waals surface area contributed by atoms with Crippen LogP contribution < -0.4 is 0 Å². The van der Waals surface area contributed by atoms with E-state index >= 15 is 0 Å². The minimum atomic E-state index is -0.144. The van der Waals surface area contributed by atoms with Gasteiger partial charge >= 0.3 is 0 Å². The minimum absolute atomic E-state index is 0.107. The topological polar surface area (TPSA) is 54.5 Å². The van der Waals surface area contributed by atoms with Crippen molar-refractivity contribution in [1.29, 1.82) is 0 Å². The molecule has 0 saturated carbocycles. The highest BCUT2D eigenvalue weighted by atomic mass is 35.5. The van der Waals surface area contributed by atoms with Crippen LogP contribution in [0.4, 0.5) is 0 Å². The first-order valence-electron chi connectivity index (χ1n) is 8.66. The van der Waals surface area contributed by atoms with Crippen LogP contribution in [0, 0.1) is 4.84 Å². The van der Waals surface area contributed by atoms with Crippen LogP contribution in [-0.2, 0) is 11.5 Å². The number of carbonyl (C=O) groups is 1. The molecule has 0 aliphatic carbocycles. The summed E-state index contributed by atoms with van der Waals surface area (Å²) in [7, 11) is 3.56. The van der Waals surface area contributed by atoms with E-state index in [2.05, 4.69) is 10.00 Å². The molecule has 27 heavy (non-hydrogen) atoms. The van der Waals surface area contributed by atoms with Gasteiger partial charge in [0.25, 0.3) is 10.7 Å². The lowest BCUT2D eigenvalue weighted by Gasteiger charge is -2.25. The third kappa shape index (κ3) is 3.42. The summed E-state index contributed by atoms with van der Waals surface area (Å²) in [5.74, 6) is 0.524. The summed E-state index contributed by atoms with van der Waals surface area (Å²) in [6.45, 7) is 1.26. The van der Waals surface area contributed by atoms with E-state index in [4.69, 9.17) is 28.2 Å². The van der Waals surface area contributed by atoms with Crippen molar-refractivity contribution < 1.29 is 9.21 Å². The number of halogens is 1. The van der Waals surface area contributed by atoms with Gasteiger partial charge in [0.1, 0.15) is 4.88 Å². The fourth-order valence-electron chi connectivity index (χ4n) is 3.38. The molecule has 6 nitrogen and oxygen atoms in total. The highest BCUT2D eigenvalue weighted by Crippen LogP contribution is 2.41. The van der Waals surface area contributed by atoms with E-state index in [1.54, 1.807) is 23.7 Å². The molecule has 142 valence electrons. The zero-order chi connectivity index (χ0) is 19.1. The van der Waals surface area contributed by atoms with E-state index in [0.717, 1.165) is 34.3 Å². The van der Waals surface area contributed by atoms with E-state index < -0.39 is 0 Å². The van der Waals surface area contributed by atoms with Crippen molar-refractivity contribution in [2.75, 3.05) is 20.6 Å². The Labute approximate surface area is 170 Å². The first-order valence-corrected chi connectivity index (χ1v) is 10.3. The molecule has 1 amide bonds. The number of likely N-dealkylation sites (tertiary alicyclic amines) is 1. The van der Waals surface area contributed by atoms with Gasteiger partial charge in [0, 0.05) is 30.7 Å². The number of likely N-dealkylation sites (N-methyl/N-ethyl adjacent to an activating group) is 1. The quantitative estimate of drug-likeness (QED) is 0.588. The molecule has 1 aliphatic rings. The number of benzene rings is 1. The van der Waals surface area contributed by atoms with Crippen molar-refractivity contribution >= 4 is 51.1 Å². The van der Waals surface area contributed by atoms with Crippen LogP contribution in [0.1, 0.15) is 12.8 Å². The molecule has 9 heteroatoms. The second kappa shape index (κ2) is 7.35. The third-order valence-electron chi connectivity index (χ3n) is 4.74. The lowest BCUT2D eigenvalue weighted by atomic mass is 10.2. The number of fused-ring (bicyclic) bond motifs is 1. The number of hydrogen-bond acceptors (Lipinski definition) is 6. The lowest BCUT2D eigenvalue weighted by Crippen LogP contribution is -2.43. The Balaban J connectivity index is 1.63. The molecule has 3 aromatic rings. The van der Waals surface area contributed by atoms with Crippen molar-refractivity contribution in [2.45, 2.75) is 25.6 Å². The maximum absolute atomic E-state index is 12.4. The molecule has 4 rings (SSSR count). The number of amides is 1. The summed E-state index contributed by atoms with van der Waals surface area (Å²) in [4.78, 5) is 17.2. The molecule has 0 N–H and O–H groups in total. The Kier molecular flexibility index (Phi) is 5.07. The molecule has 1 aromatic carbocycles.